The number of anilines is 1. The second-order valence-electron chi connectivity index (χ2n) is 5.81. The molecule has 0 amide bonds. The van der Waals surface area contributed by atoms with Gasteiger partial charge in [0.2, 0.25) is 0 Å². The molecule has 0 aromatic heterocycles. The quantitative estimate of drug-likeness (QED) is 0.846. The minimum absolute atomic E-state index is 0.107. The molecule has 2 atom stereocenters. The molecule has 1 saturated carbocycles. The molecule has 0 spiro atoms. The van der Waals surface area contributed by atoms with Crippen LogP contribution in [0, 0.1) is 11.7 Å². The summed E-state index contributed by atoms with van der Waals surface area (Å²) in [5.41, 5.74) is 0.0151. The van der Waals surface area contributed by atoms with Crippen molar-refractivity contribution in [3.8, 4) is 0 Å². The maximum absolute atomic E-state index is 13.2. The second kappa shape index (κ2) is 6.43. The van der Waals surface area contributed by atoms with Gasteiger partial charge < -0.3 is 15.3 Å². The van der Waals surface area contributed by atoms with E-state index < -0.39 is 11.5 Å². The van der Waals surface area contributed by atoms with Gasteiger partial charge in [0.25, 0.3) is 0 Å². The molecular formula is C16H23FN2O2. The van der Waals surface area contributed by atoms with Gasteiger partial charge in [-0.05, 0) is 50.4 Å². The van der Waals surface area contributed by atoms with Crippen LogP contribution in [0.4, 0.5) is 10.1 Å². The lowest BCUT2D eigenvalue weighted by Gasteiger charge is -2.32. The Kier molecular flexibility index (Phi) is 4.83. The van der Waals surface area contributed by atoms with Gasteiger partial charge in [-0.2, -0.15) is 0 Å². The average molecular weight is 294 g/mol. The van der Waals surface area contributed by atoms with Crippen LogP contribution < -0.4 is 10.2 Å². The maximum atomic E-state index is 13.2. The first kappa shape index (κ1) is 15.8. The van der Waals surface area contributed by atoms with Crippen LogP contribution in [0.15, 0.2) is 24.3 Å². The van der Waals surface area contributed by atoms with Crippen molar-refractivity contribution in [1.29, 1.82) is 0 Å². The molecule has 2 N–H and O–H groups in total. The number of nitrogens with one attached hydrogen (secondary N) is 1. The molecule has 21 heavy (non-hydrogen) atoms. The molecule has 2 unspecified atom stereocenters. The van der Waals surface area contributed by atoms with E-state index in [1.165, 1.54) is 12.1 Å². The number of halogens is 1. The molecule has 5 heteroatoms. The molecule has 1 aliphatic rings. The Morgan fingerprint density at radius 2 is 2.33 bits per heavy atom. The number of likely N-dealkylation sites (N-methyl/N-ethyl adjacent to an activating group) is 1. The van der Waals surface area contributed by atoms with Gasteiger partial charge >= 0.3 is 5.97 Å². The summed E-state index contributed by atoms with van der Waals surface area (Å²) in [5, 5.41) is 12.5. The summed E-state index contributed by atoms with van der Waals surface area (Å²) in [6.45, 7) is 0.713. The van der Waals surface area contributed by atoms with Crippen LogP contribution in [0.1, 0.15) is 25.7 Å². The Labute approximate surface area is 125 Å². The van der Waals surface area contributed by atoms with Gasteiger partial charge in [0.15, 0.2) is 0 Å². The van der Waals surface area contributed by atoms with E-state index >= 15 is 0 Å². The monoisotopic (exact) mass is 294 g/mol. The molecule has 0 bridgehead atoms. The molecule has 0 aliphatic heterocycles. The largest absolute Gasteiger partial charge is 0.480 e. The number of hydrogen-bond acceptors (Lipinski definition) is 3. The molecular weight excluding hydrogens is 271 g/mol. The van der Waals surface area contributed by atoms with Crippen molar-refractivity contribution in [2.45, 2.75) is 31.2 Å². The summed E-state index contributed by atoms with van der Waals surface area (Å²) in [6, 6.07) is 6.47. The SMILES string of the molecule is CNC1(C(=O)O)CCCC1CCN(C)c1cccc(F)c1. The standard InChI is InChI=1S/C16H23FN2O2/c1-18-16(15(20)21)9-4-5-12(16)8-10-19(2)14-7-3-6-13(17)11-14/h3,6-7,11-12,18H,4-5,8-10H2,1-2H3,(H,20,21). The van der Waals surface area contributed by atoms with Crippen LogP contribution in [0.3, 0.4) is 0 Å². The smallest absolute Gasteiger partial charge is 0.324 e. The highest BCUT2D eigenvalue weighted by molar-refractivity contribution is 5.79. The van der Waals surface area contributed by atoms with Crippen molar-refractivity contribution >= 4 is 11.7 Å². The lowest BCUT2D eigenvalue weighted by Crippen LogP contribution is -2.53. The van der Waals surface area contributed by atoms with Gasteiger partial charge in [-0.1, -0.05) is 12.5 Å². The molecule has 2 rings (SSSR count). The predicted molar refractivity (Wildman–Crippen MR) is 81.1 cm³/mol. The highest BCUT2D eigenvalue weighted by Gasteiger charge is 2.47. The number of nitrogens with zero attached hydrogens (tertiary/aromatic N) is 1. The van der Waals surface area contributed by atoms with Crippen LogP contribution in [0.5, 0.6) is 0 Å². The van der Waals surface area contributed by atoms with Gasteiger partial charge in [0, 0.05) is 19.3 Å². The first-order chi connectivity index (χ1) is 9.99. The highest BCUT2D eigenvalue weighted by atomic mass is 19.1. The van der Waals surface area contributed by atoms with E-state index in [4.69, 9.17) is 0 Å². The zero-order valence-electron chi connectivity index (χ0n) is 12.6. The van der Waals surface area contributed by atoms with Crippen molar-refractivity contribution in [1.82, 2.24) is 5.32 Å². The molecule has 116 valence electrons. The first-order valence-electron chi connectivity index (χ1n) is 7.38. The summed E-state index contributed by atoms with van der Waals surface area (Å²) in [5.74, 6) is -0.910. The van der Waals surface area contributed by atoms with E-state index in [-0.39, 0.29) is 11.7 Å². The van der Waals surface area contributed by atoms with Gasteiger partial charge in [-0.3, -0.25) is 4.79 Å². The van der Waals surface area contributed by atoms with E-state index in [1.807, 2.05) is 18.0 Å². The summed E-state index contributed by atoms with van der Waals surface area (Å²) in [6.07, 6.45) is 3.30. The van der Waals surface area contributed by atoms with Crippen LogP contribution in [0.2, 0.25) is 0 Å². The van der Waals surface area contributed by atoms with Gasteiger partial charge in [0.05, 0.1) is 0 Å². The summed E-state index contributed by atoms with van der Waals surface area (Å²) < 4.78 is 13.2. The van der Waals surface area contributed by atoms with Crippen molar-refractivity contribution in [2.24, 2.45) is 5.92 Å². The summed E-state index contributed by atoms with van der Waals surface area (Å²) in [4.78, 5) is 13.6. The average Bonchev–Trinajstić information content (AvgIpc) is 2.89. The Balaban J connectivity index is 2.00. The zero-order valence-corrected chi connectivity index (χ0v) is 12.6. The van der Waals surface area contributed by atoms with E-state index in [0.29, 0.717) is 13.0 Å². The van der Waals surface area contributed by atoms with E-state index in [9.17, 15) is 14.3 Å². The Bertz CT molecular complexity index is 509. The van der Waals surface area contributed by atoms with E-state index in [0.717, 1.165) is 24.9 Å². The molecule has 0 radical (unpaired) electrons. The normalized spacial score (nSPS) is 25.0. The van der Waals surface area contributed by atoms with Crippen molar-refractivity contribution in [3.05, 3.63) is 30.1 Å². The van der Waals surface area contributed by atoms with Crippen LogP contribution in [-0.4, -0.2) is 37.3 Å². The van der Waals surface area contributed by atoms with Crippen molar-refractivity contribution in [2.75, 3.05) is 25.5 Å². The van der Waals surface area contributed by atoms with Gasteiger partial charge in [-0.25, -0.2) is 4.39 Å². The van der Waals surface area contributed by atoms with Crippen molar-refractivity contribution < 1.29 is 14.3 Å². The van der Waals surface area contributed by atoms with E-state index in [2.05, 4.69) is 5.32 Å². The van der Waals surface area contributed by atoms with Crippen LogP contribution >= 0.6 is 0 Å². The minimum Gasteiger partial charge on any atom is -0.480 e. The zero-order chi connectivity index (χ0) is 15.5. The third-order valence-corrected chi connectivity index (χ3v) is 4.71. The lowest BCUT2D eigenvalue weighted by molar-refractivity contribution is -0.146. The third-order valence-electron chi connectivity index (χ3n) is 4.71. The maximum Gasteiger partial charge on any atom is 0.324 e. The predicted octanol–water partition coefficient (Wildman–Crippen LogP) is 2.49. The number of aliphatic carboxylic acids is 1. The van der Waals surface area contributed by atoms with Gasteiger partial charge in [-0.15, -0.1) is 0 Å². The molecule has 1 aromatic carbocycles. The fraction of sp³-hybridized carbons (Fsp3) is 0.562. The second-order valence-corrected chi connectivity index (χ2v) is 5.81. The number of carboxylic acids is 1. The number of hydrogen-bond donors (Lipinski definition) is 2. The fourth-order valence-corrected chi connectivity index (χ4v) is 3.38. The Morgan fingerprint density at radius 1 is 1.57 bits per heavy atom. The topological polar surface area (TPSA) is 52.6 Å². The van der Waals surface area contributed by atoms with Crippen molar-refractivity contribution in [3.63, 3.8) is 0 Å². The summed E-state index contributed by atoms with van der Waals surface area (Å²) in [7, 11) is 3.63. The highest BCUT2D eigenvalue weighted by Crippen LogP contribution is 2.38. The lowest BCUT2D eigenvalue weighted by atomic mass is 9.84. The van der Waals surface area contributed by atoms with E-state index in [1.54, 1.807) is 13.1 Å². The fourth-order valence-electron chi connectivity index (χ4n) is 3.38. The molecule has 4 nitrogen and oxygen atoms in total. The van der Waals surface area contributed by atoms with Gasteiger partial charge in [0.1, 0.15) is 11.4 Å². The van der Waals surface area contributed by atoms with Crippen LogP contribution in [-0.2, 0) is 4.79 Å². The molecule has 1 fully saturated rings. The first-order valence-corrected chi connectivity index (χ1v) is 7.38. The molecule has 0 heterocycles. The van der Waals surface area contributed by atoms with Crippen LogP contribution in [0.25, 0.3) is 0 Å². The number of rotatable bonds is 6. The Hall–Kier alpha value is -1.62. The number of carbonyl (C=O) groups is 1. The minimum atomic E-state index is -0.803. The molecule has 1 aromatic rings. The number of benzene rings is 1. The third kappa shape index (κ3) is 3.18. The summed E-state index contributed by atoms with van der Waals surface area (Å²) >= 11 is 0. The molecule has 0 saturated heterocycles. The molecule has 1 aliphatic carbocycles. The number of carboxylic acid groups (broad SMARTS) is 1. The Morgan fingerprint density at radius 3 is 2.95 bits per heavy atom.